The molecule has 0 saturated heterocycles. The fourth-order valence-corrected chi connectivity index (χ4v) is 6.39. The van der Waals surface area contributed by atoms with Gasteiger partial charge in [0, 0.05) is 32.8 Å². The maximum absolute atomic E-state index is 11.0. The first kappa shape index (κ1) is 34.3. The van der Waals surface area contributed by atoms with Crippen molar-refractivity contribution in [1.29, 1.82) is 0 Å². The normalized spacial score (nSPS) is 12.0. The van der Waals surface area contributed by atoms with Crippen LogP contribution in [0.2, 0.25) is 0 Å². The number of aryl methyl sites for hydroxylation is 2. The van der Waals surface area contributed by atoms with Gasteiger partial charge in [-0.25, -0.2) is 4.98 Å². The topological polar surface area (TPSA) is 59.2 Å². The zero-order valence-corrected chi connectivity index (χ0v) is 31.6. The number of phenols is 1. The largest absolute Gasteiger partial charge is 0.507 e. The van der Waals surface area contributed by atoms with Gasteiger partial charge >= 0.3 is 0 Å². The Bertz CT molecular complexity index is 2340. The first-order valence-corrected chi connectivity index (χ1v) is 16.5. The summed E-state index contributed by atoms with van der Waals surface area (Å²) in [6.07, 6.45) is 1.87. The molecule has 2 aromatic heterocycles. The van der Waals surface area contributed by atoms with Crippen LogP contribution in [-0.4, -0.2) is 15.1 Å². The smallest absolute Gasteiger partial charge is 0.230 e. The fourth-order valence-electron chi connectivity index (χ4n) is 6.39. The molecule has 49 heavy (non-hydrogen) atoms. The molecule has 0 radical (unpaired) electrons. The molecule has 0 aliphatic carbocycles. The average Bonchev–Trinajstić information content (AvgIpc) is 3.47. The molecule has 0 aliphatic rings. The van der Waals surface area contributed by atoms with E-state index in [1.807, 2.05) is 24.4 Å². The summed E-state index contributed by atoms with van der Waals surface area (Å²) in [5.41, 5.74) is 13.5. The third-order valence-electron chi connectivity index (χ3n) is 9.25. The van der Waals surface area contributed by atoms with Crippen molar-refractivity contribution in [3.63, 3.8) is 0 Å². The van der Waals surface area contributed by atoms with Gasteiger partial charge in [0.15, 0.2) is 0 Å². The van der Waals surface area contributed by atoms with Gasteiger partial charge < -0.3 is 9.52 Å². The summed E-state index contributed by atoms with van der Waals surface area (Å²) in [6, 6.07) is 35.1. The van der Waals surface area contributed by atoms with E-state index in [-0.39, 0.29) is 37.6 Å². The monoisotopic (exact) mass is 824 g/mol. The molecule has 0 amide bonds. The van der Waals surface area contributed by atoms with Crippen molar-refractivity contribution in [2.75, 3.05) is 0 Å². The van der Waals surface area contributed by atoms with Gasteiger partial charge in [0.2, 0.25) is 5.89 Å². The Morgan fingerprint density at radius 2 is 1.33 bits per heavy atom. The number of para-hydroxylation sites is 1. The molecule has 1 N–H and O–H groups in total. The van der Waals surface area contributed by atoms with E-state index in [2.05, 4.69) is 128 Å². The standard InChI is InChI=1S/C44H41N2O2.Pt/c1-26-20-30(35-11-9-10-34-27(2)18-19-45-40(34)35)22-31(21-26)36-23-29(28-12-14-32(15-13-28)43(3,4)5)24-39-41(36)46-42(48-39)37-25-33(44(6,7)8)16-17-38(37)47;/h9-21,23-25,47H,1-8H3;/q-1;. The van der Waals surface area contributed by atoms with Crippen LogP contribution in [0, 0.1) is 19.9 Å². The molecule has 0 saturated carbocycles. The molecule has 0 bridgehead atoms. The van der Waals surface area contributed by atoms with Crippen LogP contribution in [-0.2, 0) is 31.9 Å². The van der Waals surface area contributed by atoms with E-state index in [0.717, 1.165) is 60.9 Å². The molecule has 0 atom stereocenters. The zero-order valence-electron chi connectivity index (χ0n) is 29.3. The van der Waals surface area contributed by atoms with Gasteiger partial charge in [-0.1, -0.05) is 114 Å². The van der Waals surface area contributed by atoms with E-state index >= 15 is 0 Å². The summed E-state index contributed by atoms with van der Waals surface area (Å²) >= 11 is 0. The van der Waals surface area contributed by atoms with Gasteiger partial charge in [-0.3, -0.25) is 4.98 Å². The van der Waals surface area contributed by atoms with E-state index in [1.165, 1.54) is 11.1 Å². The number of pyridine rings is 1. The number of fused-ring (bicyclic) bond motifs is 2. The summed E-state index contributed by atoms with van der Waals surface area (Å²) in [6.45, 7) is 17.4. The molecule has 5 aromatic carbocycles. The van der Waals surface area contributed by atoms with Crippen LogP contribution in [0.15, 0.2) is 102 Å². The molecule has 250 valence electrons. The second kappa shape index (κ2) is 12.7. The van der Waals surface area contributed by atoms with Gasteiger partial charge in [-0.05, 0) is 75.2 Å². The molecule has 0 aliphatic heterocycles. The Hall–Kier alpha value is -4.53. The van der Waals surface area contributed by atoms with Crippen molar-refractivity contribution < 1.29 is 30.6 Å². The second-order valence-corrected chi connectivity index (χ2v) is 15.0. The van der Waals surface area contributed by atoms with Crippen molar-refractivity contribution in [3.8, 4) is 50.6 Å². The van der Waals surface area contributed by atoms with Crippen molar-refractivity contribution in [2.45, 2.75) is 66.2 Å². The molecule has 2 heterocycles. The van der Waals surface area contributed by atoms with E-state index < -0.39 is 0 Å². The predicted molar refractivity (Wildman–Crippen MR) is 198 cm³/mol. The molecule has 7 rings (SSSR count). The molecule has 5 heteroatoms. The van der Waals surface area contributed by atoms with Crippen molar-refractivity contribution in [1.82, 2.24) is 9.97 Å². The number of nitrogens with zero attached hydrogens (tertiary/aromatic N) is 2. The van der Waals surface area contributed by atoms with Crippen LogP contribution in [0.25, 0.3) is 66.8 Å². The maximum atomic E-state index is 11.0. The third-order valence-corrected chi connectivity index (χ3v) is 9.25. The molecule has 7 aromatic rings. The second-order valence-electron chi connectivity index (χ2n) is 15.0. The SMILES string of the molecule is Cc1cc(-c2cc(-c3ccc(C(C)(C)C)cc3)cc3oc(-c4cc(C(C)(C)C)ccc4O)nc23)[c-]c(-c2cccc3c(C)ccnc23)c1.[Pt]. The minimum absolute atomic E-state index is 0. The minimum atomic E-state index is -0.103. The van der Waals surface area contributed by atoms with Gasteiger partial charge in [0.1, 0.15) is 11.3 Å². The Morgan fingerprint density at radius 3 is 2.02 bits per heavy atom. The van der Waals surface area contributed by atoms with E-state index in [9.17, 15) is 5.11 Å². The Labute approximate surface area is 303 Å². The Morgan fingerprint density at radius 1 is 0.653 bits per heavy atom. The maximum Gasteiger partial charge on any atom is 0.230 e. The van der Waals surface area contributed by atoms with Crippen LogP contribution in [0.5, 0.6) is 5.75 Å². The van der Waals surface area contributed by atoms with Gasteiger partial charge in [-0.15, -0.1) is 34.9 Å². The number of oxazole rings is 1. The van der Waals surface area contributed by atoms with E-state index in [0.29, 0.717) is 17.0 Å². The summed E-state index contributed by atoms with van der Waals surface area (Å²) in [5.74, 6) is 0.522. The van der Waals surface area contributed by atoms with Gasteiger partial charge in [0.25, 0.3) is 0 Å². The molecule has 0 fully saturated rings. The number of benzene rings is 5. The summed E-state index contributed by atoms with van der Waals surface area (Å²) in [4.78, 5) is 9.84. The molecular weight excluding hydrogens is 784 g/mol. The first-order chi connectivity index (χ1) is 22.8. The Balaban J connectivity index is 0.00000417. The van der Waals surface area contributed by atoms with Crippen molar-refractivity contribution in [2.24, 2.45) is 0 Å². The van der Waals surface area contributed by atoms with E-state index in [4.69, 9.17) is 14.4 Å². The molecular formula is C44H41N2O2Pt-. The van der Waals surface area contributed by atoms with Gasteiger partial charge in [0.05, 0.1) is 11.1 Å². The van der Waals surface area contributed by atoms with Gasteiger partial charge in [-0.2, -0.15) is 0 Å². The number of rotatable bonds is 4. The summed E-state index contributed by atoms with van der Waals surface area (Å²) in [5, 5.41) is 12.1. The number of aromatic nitrogens is 2. The van der Waals surface area contributed by atoms with Crippen molar-refractivity contribution >= 4 is 22.0 Å². The summed E-state index contributed by atoms with van der Waals surface area (Å²) in [7, 11) is 0. The average molecular weight is 825 g/mol. The minimum Gasteiger partial charge on any atom is -0.507 e. The van der Waals surface area contributed by atoms with Crippen LogP contribution in [0.1, 0.15) is 63.8 Å². The quantitative estimate of drug-likeness (QED) is 0.180. The number of hydrogen-bond acceptors (Lipinski definition) is 4. The van der Waals surface area contributed by atoms with Crippen LogP contribution < -0.4 is 0 Å². The van der Waals surface area contributed by atoms with Crippen molar-refractivity contribution in [3.05, 3.63) is 126 Å². The number of hydrogen-bond donors (Lipinski definition) is 1. The number of aromatic hydroxyl groups is 1. The Kier molecular flexibility index (Phi) is 8.92. The fraction of sp³-hybridized carbons (Fsp3) is 0.227. The molecule has 0 spiro atoms. The number of phenolic OH excluding ortho intramolecular Hbond substituents is 1. The van der Waals surface area contributed by atoms with E-state index in [1.54, 1.807) is 6.07 Å². The van der Waals surface area contributed by atoms with Crippen LogP contribution >= 0.6 is 0 Å². The zero-order chi connectivity index (χ0) is 34.0. The molecule has 0 unspecified atom stereocenters. The third kappa shape index (κ3) is 6.59. The first-order valence-electron chi connectivity index (χ1n) is 16.5. The molecule has 4 nitrogen and oxygen atoms in total. The summed E-state index contributed by atoms with van der Waals surface area (Å²) < 4.78 is 6.53. The van der Waals surface area contributed by atoms with Crippen LogP contribution in [0.3, 0.4) is 0 Å². The predicted octanol–water partition coefficient (Wildman–Crippen LogP) is 11.8. The van der Waals surface area contributed by atoms with Crippen LogP contribution in [0.4, 0.5) is 0 Å².